The van der Waals surface area contributed by atoms with Crippen LogP contribution >= 0.6 is 12.4 Å². The smallest absolute Gasteiger partial charge is 0.0905 e. The molecule has 2 heteroatoms. The van der Waals surface area contributed by atoms with Gasteiger partial charge in [-0.2, -0.15) is 5.26 Å². The van der Waals surface area contributed by atoms with E-state index in [-0.39, 0.29) is 12.4 Å². The van der Waals surface area contributed by atoms with Crippen molar-refractivity contribution < 1.29 is 0 Å². The van der Waals surface area contributed by atoms with Gasteiger partial charge < -0.3 is 0 Å². The molecule has 0 aromatic heterocycles. The molecule has 0 atom stereocenters. The summed E-state index contributed by atoms with van der Waals surface area (Å²) in [7, 11) is 0. The zero-order chi connectivity index (χ0) is 5.41. The first-order valence-corrected chi connectivity index (χ1v) is 1.42. The summed E-state index contributed by atoms with van der Waals surface area (Å²) in [4.78, 5) is 0. The summed E-state index contributed by atoms with van der Waals surface area (Å²) in [6.07, 6.45) is 1.18. The molecule has 0 saturated heterocycles. The van der Waals surface area contributed by atoms with Crippen LogP contribution in [0, 0.1) is 11.3 Å². The fourth-order valence-corrected chi connectivity index (χ4v) is 0. The molecule has 0 heterocycles. The number of hydrogen-bond acceptors (Lipinski definition) is 1. The maximum absolute atomic E-state index is 7.51. The van der Waals surface area contributed by atoms with Gasteiger partial charge in [-0.15, -0.1) is 25.6 Å². The van der Waals surface area contributed by atoms with Crippen LogP contribution in [0.2, 0.25) is 0 Å². The maximum atomic E-state index is 7.51. The third-order valence-corrected chi connectivity index (χ3v) is 0.0913. The van der Waals surface area contributed by atoms with E-state index in [1.165, 1.54) is 6.08 Å². The summed E-state index contributed by atoms with van der Waals surface area (Å²) in [5, 5.41) is 7.51. The normalized spacial score (nSPS) is 2.71. The van der Waals surface area contributed by atoms with E-state index in [1.54, 1.807) is 6.07 Å². The largest absolute Gasteiger partial charge is 0.193 e. The molecule has 7 heavy (non-hydrogen) atoms. The van der Waals surface area contributed by atoms with Gasteiger partial charge in [0.2, 0.25) is 0 Å². The Morgan fingerprint density at radius 3 is 1.57 bits per heavy atom. The van der Waals surface area contributed by atoms with Crippen molar-refractivity contribution in [3.8, 4) is 6.07 Å². The minimum absolute atomic E-state index is 0. The molecule has 0 aliphatic carbocycles. The summed E-state index contributed by atoms with van der Waals surface area (Å²) in [6, 6.07) is 1.69. The van der Waals surface area contributed by atoms with Crippen molar-refractivity contribution in [1.29, 1.82) is 5.26 Å². The number of nitriles is 1. The van der Waals surface area contributed by atoms with E-state index in [4.69, 9.17) is 5.26 Å². The Labute approximate surface area is 50.4 Å². The first kappa shape index (κ1) is 16.3. The van der Waals surface area contributed by atoms with Crippen LogP contribution in [0.3, 0.4) is 0 Å². The lowest BCUT2D eigenvalue weighted by molar-refractivity contribution is 1.54. The predicted molar refractivity (Wildman–Crippen MR) is 34.3 cm³/mol. The first-order chi connectivity index (χ1) is 2.91. The van der Waals surface area contributed by atoms with E-state index >= 15 is 0 Å². The molecular weight excluding hydrogens is 110 g/mol. The van der Waals surface area contributed by atoms with Crippen molar-refractivity contribution in [3.63, 3.8) is 0 Å². The summed E-state index contributed by atoms with van der Waals surface area (Å²) in [5.41, 5.74) is 0. The van der Waals surface area contributed by atoms with Crippen LogP contribution in [-0.2, 0) is 0 Å². The molecule has 0 N–H and O–H groups in total. The monoisotopic (exact) mass is 117 g/mol. The third-order valence-electron chi connectivity index (χ3n) is 0.0913. The van der Waals surface area contributed by atoms with Gasteiger partial charge in [0.15, 0.2) is 0 Å². The van der Waals surface area contributed by atoms with E-state index in [2.05, 4.69) is 19.7 Å². The molecule has 0 aliphatic rings. The van der Waals surface area contributed by atoms with Crippen molar-refractivity contribution in [2.24, 2.45) is 0 Å². The van der Waals surface area contributed by atoms with E-state index < -0.39 is 0 Å². The topological polar surface area (TPSA) is 23.8 Å². The van der Waals surface area contributed by atoms with Crippen molar-refractivity contribution in [3.05, 3.63) is 25.8 Å². The molecule has 40 valence electrons. The van der Waals surface area contributed by atoms with Gasteiger partial charge in [-0.05, 0) is 0 Å². The van der Waals surface area contributed by atoms with Crippen molar-refractivity contribution >= 4 is 12.4 Å². The second kappa shape index (κ2) is 60.1. The van der Waals surface area contributed by atoms with Gasteiger partial charge in [0.1, 0.15) is 0 Å². The molecular formula is C5H8ClN. The minimum atomic E-state index is 0. The van der Waals surface area contributed by atoms with Gasteiger partial charge in [-0.3, -0.25) is 0 Å². The zero-order valence-corrected chi connectivity index (χ0v) is 4.87. The summed E-state index contributed by atoms with van der Waals surface area (Å²) >= 11 is 0. The van der Waals surface area contributed by atoms with Crippen LogP contribution in [0.5, 0.6) is 0 Å². The average molecular weight is 118 g/mol. The molecule has 1 nitrogen and oxygen atoms in total. The summed E-state index contributed by atoms with van der Waals surface area (Å²) < 4.78 is 0. The summed E-state index contributed by atoms with van der Waals surface area (Å²) in [6.45, 7) is 9.12. The van der Waals surface area contributed by atoms with Gasteiger partial charge in [0.25, 0.3) is 0 Å². The van der Waals surface area contributed by atoms with Crippen LogP contribution < -0.4 is 0 Å². The zero-order valence-electron chi connectivity index (χ0n) is 4.05. The van der Waals surface area contributed by atoms with Crippen molar-refractivity contribution in [2.45, 2.75) is 0 Å². The Morgan fingerprint density at radius 1 is 1.43 bits per heavy atom. The van der Waals surface area contributed by atoms with Gasteiger partial charge in [-0.1, -0.05) is 6.58 Å². The van der Waals surface area contributed by atoms with E-state index in [0.717, 1.165) is 0 Å². The highest BCUT2D eigenvalue weighted by Crippen LogP contribution is 1.41. The van der Waals surface area contributed by atoms with Crippen LogP contribution in [0.15, 0.2) is 25.8 Å². The van der Waals surface area contributed by atoms with Gasteiger partial charge in [0, 0.05) is 6.08 Å². The van der Waals surface area contributed by atoms with Crippen molar-refractivity contribution in [1.82, 2.24) is 0 Å². The Hall–Kier alpha value is -0.740. The van der Waals surface area contributed by atoms with Crippen LogP contribution in [0.25, 0.3) is 0 Å². The molecule has 0 bridgehead atoms. The molecule has 0 aromatic rings. The van der Waals surface area contributed by atoms with E-state index in [1.807, 2.05) is 0 Å². The number of hydrogen-bond donors (Lipinski definition) is 0. The maximum Gasteiger partial charge on any atom is 0.0905 e. The molecule has 0 aromatic carbocycles. The van der Waals surface area contributed by atoms with Gasteiger partial charge in [-0.25, -0.2) is 0 Å². The van der Waals surface area contributed by atoms with Crippen LogP contribution in [-0.4, -0.2) is 0 Å². The highest BCUT2D eigenvalue weighted by Gasteiger charge is 1.34. The molecule has 0 rings (SSSR count). The number of allylic oxidation sites excluding steroid dienone is 1. The Bertz CT molecular complexity index is 63.0. The number of halogens is 1. The Morgan fingerprint density at radius 2 is 1.57 bits per heavy atom. The molecule has 0 unspecified atom stereocenters. The molecule has 0 saturated carbocycles. The second-order valence-electron chi connectivity index (χ2n) is 0.333. The second-order valence-corrected chi connectivity index (χ2v) is 0.333. The highest BCUT2D eigenvalue weighted by molar-refractivity contribution is 5.85. The molecule has 0 fully saturated rings. The standard InChI is InChI=1S/C3H3N.C2H4.ClH/c1-2-3-4;1-2;/h2H,1H2;1-2H2;1H. The SMILES string of the molecule is C=C.C=CC#N.Cl. The summed E-state index contributed by atoms with van der Waals surface area (Å²) in [5.74, 6) is 0. The van der Waals surface area contributed by atoms with Crippen LogP contribution in [0.1, 0.15) is 0 Å². The molecule has 0 aliphatic heterocycles. The predicted octanol–water partition coefficient (Wildman–Crippen LogP) is 1.92. The lowest BCUT2D eigenvalue weighted by atomic mass is 10.8. The Balaban J connectivity index is -0.0000000480. The molecule has 0 spiro atoms. The molecule has 0 radical (unpaired) electrons. The number of nitrogens with zero attached hydrogens (tertiary/aromatic N) is 1. The average Bonchev–Trinajstić information content (AvgIpc) is 1.72. The minimum Gasteiger partial charge on any atom is -0.193 e. The first-order valence-electron chi connectivity index (χ1n) is 1.42. The van der Waals surface area contributed by atoms with E-state index in [9.17, 15) is 0 Å². The molecule has 0 amide bonds. The lowest BCUT2D eigenvalue weighted by Gasteiger charge is -1.31. The lowest BCUT2D eigenvalue weighted by Crippen LogP contribution is -1.23. The fraction of sp³-hybridized carbons (Fsp3) is 0. The third kappa shape index (κ3) is 827. The van der Waals surface area contributed by atoms with E-state index in [0.29, 0.717) is 0 Å². The highest BCUT2D eigenvalue weighted by atomic mass is 35.5. The van der Waals surface area contributed by atoms with Gasteiger partial charge in [0.05, 0.1) is 6.07 Å². The fourth-order valence-electron chi connectivity index (χ4n) is 0. The Kier molecular flexibility index (Phi) is 140. The van der Waals surface area contributed by atoms with Crippen LogP contribution in [0.4, 0.5) is 0 Å². The quantitative estimate of drug-likeness (QED) is 0.351. The van der Waals surface area contributed by atoms with Gasteiger partial charge >= 0.3 is 0 Å². The van der Waals surface area contributed by atoms with Crippen molar-refractivity contribution in [2.75, 3.05) is 0 Å². The number of rotatable bonds is 0.